The van der Waals surface area contributed by atoms with Crippen molar-refractivity contribution in [1.82, 2.24) is 15.1 Å². The number of piperazine rings is 1. The van der Waals surface area contributed by atoms with E-state index in [1.807, 2.05) is 62.2 Å². The minimum atomic E-state index is -0.940. The maximum absolute atomic E-state index is 13.2. The van der Waals surface area contributed by atoms with Crippen LogP contribution in [0.15, 0.2) is 42.5 Å². The number of benzene rings is 3. The lowest BCUT2D eigenvalue weighted by Gasteiger charge is -2.60. The van der Waals surface area contributed by atoms with Gasteiger partial charge in [-0.15, -0.1) is 0 Å². The van der Waals surface area contributed by atoms with E-state index in [1.165, 1.54) is 13.0 Å². The summed E-state index contributed by atoms with van der Waals surface area (Å²) in [6.45, 7) is 5.20. The minimum Gasteiger partial charge on any atom is -0.504 e. The average Bonchev–Trinajstić information content (AvgIpc) is 3.54. The molecule has 11 heteroatoms. The van der Waals surface area contributed by atoms with Gasteiger partial charge in [0, 0.05) is 47.8 Å². The molecule has 0 aromatic heterocycles. The SMILES string of the molecule is COc1c(C)cc2c(c1O)C1C3Cc4c(OC(C)=O)c(C)c5c(c4[C@H](CNC(=O)/C=C/c4ccccc4)N3[C@@H](O)C(C2)N1C)OCO5. The first-order valence-electron chi connectivity index (χ1n) is 15.8. The van der Waals surface area contributed by atoms with Crippen LogP contribution in [0.1, 0.15) is 58.0 Å². The number of carbonyl (C=O) groups is 2. The number of carbonyl (C=O) groups excluding carboxylic acids is 2. The number of aromatic hydroxyl groups is 1. The Hall–Kier alpha value is -4.58. The third kappa shape index (κ3) is 5.00. The Kier molecular flexibility index (Phi) is 7.86. The molecule has 0 saturated carbocycles. The zero-order chi connectivity index (χ0) is 33.1. The number of aryl methyl sites for hydroxylation is 1. The number of hydrogen-bond donors (Lipinski definition) is 3. The number of phenols is 1. The summed E-state index contributed by atoms with van der Waals surface area (Å²) in [5, 5.41) is 26.9. The first-order valence-corrected chi connectivity index (χ1v) is 15.8. The second-order valence-electron chi connectivity index (χ2n) is 12.7. The number of likely N-dealkylation sites (N-methyl/N-ethyl adjacent to an activating group) is 1. The lowest BCUT2D eigenvalue weighted by Crippen LogP contribution is -2.69. The second kappa shape index (κ2) is 11.9. The van der Waals surface area contributed by atoms with E-state index in [0.717, 1.165) is 27.8 Å². The monoisotopic (exact) mass is 641 g/mol. The van der Waals surface area contributed by atoms with Gasteiger partial charge in [-0.05, 0) is 56.5 Å². The van der Waals surface area contributed by atoms with Crippen molar-refractivity contribution in [2.75, 3.05) is 27.5 Å². The number of rotatable bonds is 6. The first-order chi connectivity index (χ1) is 22.6. The molecule has 3 N–H and O–H groups in total. The Labute approximate surface area is 273 Å². The largest absolute Gasteiger partial charge is 0.504 e. The summed E-state index contributed by atoms with van der Waals surface area (Å²) in [7, 11) is 3.50. The molecule has 0 spiro atoms. The molecule has 3 aromatic rings. The third-order valence-electron chi connectivity index (χ3n) is 10.0. The highest BCUT2D eigenvalue weighted by molar-refractivity contribution is 5.91. The summed E-state index contributed by atoms with van der Waals surface area (Å²) in [6, 6.07) is 9.92. The minimum absolute atomic E-state index is 0.00854. The highest BCUT2D eigenvalue weighted by Gasteiger charge is 2.56. The number of hydrogen-bond acceptors (Lipinski definition) is 10. The normalized spacial score (nSPS) is 24.3. The molecule has 1 saturated heterocycles. The van der Waals surface area contributed by atoms with Gasteiger partial charge in [0.1, 0.15) is 12.0 Å². The lowest BCUT2D eigenvalue weighted by atomic mass is 9.73. The first kappa shape index (κ1) is 31.0. The van der Waals surface area contributed by atoms with Crippen molar-refractivity contribution in [2.24, 2.45) is 0 Å². The van der Waals surface area contributed by atoms with Crippen molar-refractivity contribution in [3.8, 4) is 28.7 Å². The van der Waals surface area contributed by atoms with Gasteiger partial charge < -0.3 is 34.5 Å². The molecule has 47 heavy (non-hydrogen) atoms. The molecule has 11 nitrogen and oxygen atoms in total. The highest BCUT2D eigenvalue weighted by atomic mass is 16.7. The molecule has 246 valence electrons. The number of methoxy groups -OCH3 is 1. The number of amides is 1. The molecule has 1 amide bonds. The molecular weight excluding hydrogens is 602 g/mol. The molecule has 0 aliphatic carbocycles. The van der Waals surface area contributed by atoms with Crippen LogP contribution in [0.4, 0.5) is 0 Å². The van der Waals surface area contributed by atoms with E-state index in [2.05, 4.69) is 10.2 Å². The average molecular weight is 642 g/mol. The van der Waals surface area contributed by atoms with Crippen LogP contribution in [0.3, 0.4) is 0 Å². The van der Waals surface area contributed by atoms with Crippen LogP contribution >= 0.6 is 0 Å². The molecular formula is C36H39N3O8. The summed E-state index contributed by atoms with van der Waals surface area (Å²) in [5.74, 6) is 1.10. The topological polar surface area (TPSA) is 130 Å². The van der Waals surface area contributed by atoms with E-state index in [9.17, 15) is 19.8 Å². The Bertz CT molecular complexity index is 1790. The van der Waals surface area contributed by atoms with Gasteiger partial charge in [-0.3, -0.25) is 19.4 Å². The quantitative estimate of drug-likeness (QED) is 0.208. The van der Waals surface area contributed by atoms with Gasteiger partial charge in [0.25, 0.3) is 0 Å². The summed E-state index contributed by atoms with van der Waals surface area (Å²) >= 11 is 0. The van der Waals surface area contributed by atoms with Crippen LogP contribution in [0, 0.1) is 13.8 Å². The molecule has 4 aliphatic heterocycles. The molecule has 1 fully saturated rings. The number of esters is 1. The summed E-state index contributed by atoms with van der Waals surface area (Å²) in [6.07, 6.45) is 3.15. The number of aliphatic hydroxyl groups is 1. The standard InChI is InChI=1S/C36H39N3O8/c1-18-13-22-14-25-36(43)39-24(30(38(25)4)28(22)31(42)32(18)44-5)15-23-29(35-34(45-17-46-35)19(2)33(23)47-20(3)40)26(39)16-37-27(41)12-11-21-9-7-6-8-10-21/h6-13,24-26,30,36,42-43H,14-17H2,1-5H3,(H,37,41)/b12-11+/t24?,25?,26-,30?,36-/m0/s1. The highest BCUT2D eigenvalue weighted by Crippen LogP contribution is 2.58. The fourth-order valence-corrected chi connectivity index (χ4v) is 8.11. The number of fused-ring (bicyclic) bond motifs is 9. The van der Waals surface area contributed by atoms with Crippen molar-refractivity contribution < 1.29 is 38.7 Å². The molecule has 3 aromatic carbocycles. The number of aliphatic hydroxyl groups excluding tert-OH is 1. The summed E-state index contributed by atoms with van der Waals surface area (Å²) < 4.78 is 23.4. The number of ether oxygens (including phenoxy) is 4. The van der Waals surface area contributed by atoms with Crippen LogP contribution in [0.25, 0.3) is 6.08 Å². The van der Waals surface area contributed by atoms with Crippen molar-refractivity contribution in [3.05, 3.63) is 81.4 Å². The van der Waals surface area contributed by atoms with Gasteiger partial charge in [-0.25, -0.2) is 0 Å². The lowest BCUT2D eigenvalue weighted by molar-refractivity contribution is -0.172. The molecule has 4 heterocycles. The molecule has 3 unspecified atom stereocenters. The van der Waals surface area contributed by atoms with E-state index in [-0.39, 0.29) is 37.1 Å². The smallest absolute Gasteiger partial charge is 0.308 e. The predicted octanol–water partition coefficient (Wildman–Crippen LogP) is 3.70. The zero-order valence-electron chi connectivity index (χ0n) is 27.1. The van der Waals surface area contributed by atoms with Crippen LogP contribution in [-0.4, -0.2) is 77.7 Å². The van der Waals surface area contributed by atoms with Gasteiger partial charge in [-0.1, -0.05) is 36.4 Å². The van der Waals surface area contributed by atoms with Crippen molar-refractivity contribution >= 4 is 18.0 Å². The number of phenolic OH excluding ortho intramolecular Hbond substituents is 1. The van der Waals surface area contributed by atoms with Gasteiger partial charge in [0.05, 0.1) is 25.2 Å². The Morgan fingerprint density at radius 3 is 2.53 bits per heavy atom. The van der Waals surface area contributed by atoms with Crippen LogP contribution in [-0.2, 0) is 22.4 Å². The maximum atomic E-state index is 13.2. The van der Waals surface area contributed by atoms with E-state index in [0.29, 0.717) is 47.0 Å². The maximum Gasteiger partial charge on any atom is 0.308 e. The Balaban J connectivity index is 1.37. The number of nitrogens with one attached hydrogen (secondary N) is 1. The molecule has 0 radical (unpaired) electrons. The predicted molar refractivity (Wildman–Crippen MR) is 173 cm³/mol. The van der Waals surface area contributed by atoms with Gasteiger partial charge in [0.15, 0.2) is 23.0 Å². The molecule has 7 rings (SSSR count). The fraction of sp³-hybridized carbons (Fsp3) is 0.389. The molecule has 5 atom stereocenters. The second-order valence-corrected chi connectivity index (χ2v) is 12.7. The van der Waals surface area contributed by atoms with E-state index >= 15 is 0 Å². The van der Waals surface area contributed by atoms with Gasteiger partial charge in [0.2, 0.25) is 12.7 Å². The van der Waals surface area contributed by atoms with Crippen LogP contribution < -0.4 is 24.3 Å². The third-order valence-corrected chi connectivity index (χ3v) is 10.0. The Morgan fingerprint density at radius 2 is 1.81 bits per heavy atom. The zero-order valence-corrected chi connectivity index (χ0v) is 27.1. The molecule has 2 bridgehead atoms. The fourth-order valence-electron chi connectivity index (χ4n) is 8.11. The van der Waals surface area contributed by atoms with Gasteiger partial charge in [-0.2, -0.15) is 0 Å². The number of nitrogens with zero attached hydrogens (tertiary/aromatic N) is 2. The summed E-state index contributed by atoms with van der Waals surface area (Å²) in [4.78, 5) is 29.8. The van der Waals surface area contributed by atoms with E-state index in [1.54, 1.807) is 13.2 Å². The molecule has 4 aliphatic rings. The van der Waals surface area contributed by atoms with Gasteiger partial charge >= 0.3 is 5.97 Å². The van der Waals surface area contributed by atoms with Crippen molar-refractivity contribution in [3.63, 3.8) is 0 Å². The van der Waals surface area contributed by atoms with Crippen molar-refractivity contribution in [1.29, 1.82) is 0 Å². The van der Waals surface area contributed by atoms with Crippen LogP contribution in [0.5, 0.6) is 28.7 Å². The van der Waals surface area contributed by atoms with E-state index < -0.39 is 24.3 Å². The summed E-state index contributed by atoms with van der Waals surface area (Å²) in [5.41, 5.74) is 5.49. The van der Waals surface area contributed by atoms with E-state index in [4.69, 9.17) is 18.9 Å². The van der Waals surface area contributed by atoms with Crippen molar-refractivity contribution in [2.45, 2.75) is 64.0 Å². The van der Waals surface area contributed by atoms with Crippen LogP contribution in [0.2, 0.25) is 0 Å². The Morgan fingerprint density at radius 1 is 1.06 bits per heavy atom.